The highest BCUT2D eigenvalue weighted by molar-refractivity contribution is 5.29. The van der Waals surface area contributed by atoms with Crippen molar-refractivity contribution >= 4 is 0 Å². The second-order valence-electron chi connectivity index (χ2n) is 3.73. The number of H-pyrrole nitrogens is 1. The average Bonchev–Trinajstić information content (AvgIpc) is 2.15. The summed E-state index contributed by atoms with van der Waals surface area (Å²) in [7, 11) is 0. The van der Waals surface area contributed by atoms with E-state index < -0.39 is 0 Å². The van der Waals surface area contributed by atoms with Crippen LogP contribution in [0.25, 0.3) is 0 Å². The molecule has 0 aliphatic heterocycles. The van der Waals surface area contributed by atoms with E-state index in [9.17, 15) is 4.79 Å². The summed E-state index contributed by atoms with van der Waals surface area (Å²) in [5.74, 6) is 0.398. The minimum atomic E-state index is -0.0391. The third kappa shape index (κ3) is 2.04. The number of nitrogens with one attached hydrogen (secondary N) is 1. The van der Waals surface area contributed by atoms with Crippen molar-refractivity contribution in [2.24, 2.45) is 5.73 Å². The number of aromatic nitrogens is 1. The Balaban J connectivity index is 3.32. The first-order valence-electron chi connectivity index (χ1n) is 5.02. The van der Waals surface area contributed by atoms with Crippen molar-refractivity contribution in [3.05, 3.63) is 33.2 Å². The van der Waals surface area contributed by atoms with Crippen LogP contribution in [0.15, 0.2) is 10.9 Å². The molecular weight excluding hydrogens is 176 g/mol. The van der Waals surface area contributed by atoms with Crippen molar-refractivity contribution in [1.82, 2.24) is 4.98 Å². The fourth-order valence-corrected chi connectivity index (χ4v) is 1.61. The largest absolute Gasteiger partial charge is 0.326 e. The zero-order valence-electron chi connectivity index (χ0n) is 9.05. The van der Waals surface area contributed by atoms with Crippen molar-refractivity contribution in [3.8, 4) is 0 Å². The van der Waals surface area contributed by atoms with Crippen LogP contribution in [-0.2, 0) is 6.54 Å². The fourth-order valence-electron chi connectivity index (χ4n) is 1.61. The number of nitrogens with two attached hydrogens (primary N) is 1. The van der Waals surface area contributed by atoms with Gasteiger partial charge in [-0.1, -0.05) is 13.8 Å². The van der Waals surface area contributed by atoms with E-state index in [1.54, 1.807) is 0 Å². The first-order valence-corrected chi connectivity index (χ1v) is 5.02. The third-order valence-corrected chi connectivity index (χ3v) is 2.65. The molecule has 0 aliphatic carbocycles. The molecule has 0 saturated heterocycles. The number of rotatable bonds is 3. The van der Waals surface area contributed by atoms with Gasteiger partial charge >= 0.3 is 0 Å². The summed E-state index contributed by atoms with van der Waals surface area (Å²) in [5, 5.41) is 0. The lowest BCUT2D eigenvalue weighted by atomic mass is 9.94. The maximum Gasteiger partial charge on any atom is 0.252 e. The number of hydrogen-bond acceptors (Lipinski definition) is 2. The summed E-state index contributed by atoms with van der Waals surface area (Å²) < 4.78 is 0. The van der Waals surface area contributed by atoms with Crippen molar-refractivity contribution in [1.29, 1.82) is 0 Å². The molecule has 3 heteroatoms. The highest BCUT2D eigenvalue weighted by Crippen LogP contribution is 2.20. The van der Waals surface area contributed by atoms with Crippen LogP contribution in [0.3, 0.4) is 0 Å². The van der Waals surface area contributed by atoms with E-state index in [4.69, 9.17) is 5.73 Å². The molecule has 1 unspecified atom stereocenters. The predicted molar refractivity (Wildman–Crippen MR) is 58.4 cm³/mol. The quantitative estimate of drug-likeness (QED) is 0.768. The molecule has 3 N–H and O–H groups in total. The van der Waals surface area contributed by atoms with Gasteiger partial charge in [0.05, 0.1) is 0 Å². The Bertz CT molecular complexity index is 368. The van der Waals surface area contributed by atoms with Gasteiger partial charge in [0, 0.05) is 17.8 Å². The van der Waals surface area contributed by atoms with Crippen LogP contribution >= 0.6 is 0 Å². The molecule has 1 heterocycles. The Morgan fingerprint density at radius 1 is 1.57 bits per heavy atom. The van der Waals surface area contributed by atoms with E-state index in [0.29, 0.717) is 12.5 Å². The van der Waals surface area contributed by atoms with Crippen LogP contribution in [-0.4, -0.2) is 4.98 Å². The zero-order valence-corrected chi connectivity index (χ0v) is 9.05. The first-order chi connectivity index (χ1) is 6.60. The number of aromatic amines is 1. The molecule has 0 bridgehead atoms. The Kier molecular flexibility index (Phi) is 3.47. The number of aryl methyl sites for hydroxylation is 1. The lowest BCUT2D eigenvalue weighted by Gasteiger charge is -2.13. The molecule has 1 aromatic rings. The first kappa shape index (κ1) is 11.0. The van der Waals surface area contributed by atoms with E-state index in [-0.39, 0.29) is 5.56 Å². The van der Waals surface area contributed by atoms with Gasteiger partial charge in [-0.05, 0) is 30.9 Å². The van der Waals surface area contributed by atoms with Gasteiger partial charge in [0.25, 0.3) is 5.56 Å². The minimum Gasteiger partial charge on any atom is -0.326 e. The molecule has 0 amide bonds. The van der Waals surface area contributed by atoms with Crippen LogP contribution in [0.5, 0.6) is 0 Å². The molecule has 0 aliphatic rings. The highest BCUT2D eigenvalue weighted by Gasteiger charge is 2.11. The van der Waals surface area contributed by atoms with Crippen molar-refractivity contribution in [2.45, 2.75) is 39.7 Å². The van der Waals surface area contributed by atoms with Gasteiger partial charge in [-0.3, -0.25) is 4.79 Å². The van der Waals surface area contributed by atoms with E-state index in [2.05, 4.69) is 18.8 Å². The molecule has 78 valence electrons. The molecule has 0 aromatic carbocycles. The summed E-state index contributed by atoms with van der Waals surface area (Å²) in [6.45, 7) is 6.44. The molecule has 1 rings (SSSR count). The Hall–Kier alpha value is -1.09. The Morgan fingerprint density at radius 2 is 2.21 bits per heavy atom. The van der Waals surface area contributed by atoms with Gasteiger partial charge in [-0.2, -0.15) is 0 Å². The topological polar surface area (TPSA) is 58.9 Å². The molecular formula is C11H18N2O. The zero-order chi connectivity index (χ0) is 10.7. The molecule has 3 nitrogen and oxygen atoms in total. The van der Waals surface area contributed by atoms with Gasteiger partial charge in [0.1, 0.15) is 0 Å². The van der Waals surface area contributed by atoms with Crippen LogP contribution in [0.4, 0.5) is 0 Å². The monoisotopic (exact) mass is 194 g/mol. The van der Waals surface area contributed by atoms with E-state index in [0.717, 1.165) is 23.2 Å². The standard InChI is InChI=1S/C11H18N2O/c1-4-7(2)9-5-8(3)13-11(14)10(9)6-12/h5,7H,4,6,12H2,1-3H3,(H,13,14). The number of hydrogen-bond donors (Lipinski definition) is 2. The molecule has 1 atom stereocenters. The summed E-state index contributed by atoms with van der Waals surface area (Å²) >= 11 is 0. The normalized spacial score (nSPS) is 12.9. The fraction of sp³-hybridized carbons (Fsp3) is 0.545. The van der Waals surface area contributed by atoms with Gasteiger partial charge in [0.15, 0.2) is 0 Å². The van der Waals surface area contributed by atoms with Crippen LogP contribution < -0.4 is 11.3 Å². The Morgan fingerprint density at radius 3 is 2.71 bits per heavy atom. The second-order valence-corrected chi connectivity index (χ2v) is 3.73. The lowest BCUT2D eigenvalue weighted by molar-refractivity contribution is 0.715. The van der Waals surface area contributed by atoms with Gasteiger partial charge < -0.3 is 10.7 Å². The molecule has 0 radical (unpaired) electrons. The minimum absolute atomic E-state index is 0.0391. The van der Waals surface area contributed by atoms with E-state index in [1.165, 1.54) is 0 Å². The summed E-state index contributed by atoms with van der Waals surface area (Å²) in [5.41, 5.74) is 8.26. The van der Waals surface area contributed by atoms with Gasteiger partial charge in [-0.25, -0.2) is 0 Å². The van der Waals surface area contributed by atoms with Crippen molar-refractivity contribution in [3.63, 3.8) is 0 Å². The SMILES string of the molecule is CCC(C)c1cc(C)[nH]c(=O)c1CN. The molecule has 0 fully saturated rings. The Labute approximate surface area is 84.3 Å². The van der Waals surface area contributed by atoms with Crippen LogP contribution in [0.2, 0.25) is 0 Å². The third-order valence-electron chi connectivity index (χ3n) is 2.65. The van der Waals surface area contributed by atoms with Gasteiger partial charge in [0.2, 0.25) is 0 Å². The number of pyridine rings is 1. The molecule has 14 heavy (non-hydrogen) atoms. The lowest BCUT2D eigenvalue weighted by Crippen LogP contribution is -2.20. The summed E-state index contributed by atoms with van der Waals surface area (Å²) in [4.78, 5) is 14.4. The van der Waals surface area contributed by atoms with E-state index in [1.807, 2.05) is 13.0 Å². The molecule has 1 aromatic heterocycles. The smallest absolute Gasteiger partial charge is 0.252 e. The van der Waals surface area contributed by atoms with Crippen molar-refractivity contribution in [2.75, 3.05) is 0 Å². The maximum atomic E-state index is 11.6. The highest BCUT2D eigenvalue weighted by atomic mass is 16.1. The van der Waals surface area contributed by atoms with Crippen LogP contribution in [0, 0.1) is 6.92 Å². The molecule has 0 spiro atoms. The van der Waals surface area contributed by atoms with Crippen LogP contribution in [0.1, 0.15) is 43.0 Å². The molecule has 0 saturated carbocycles. The second kappa shape index (κ2) is 4.42. The summed E-state index contributed by atoms with van der Waals surface area (Å²) in [6.07, 6.45) is 1.02. The van der Waals surface area contributed by atoms with Gasteiger partial charge in [-0.15, -0.1) is 0 Å². The summed E-state index contributed by atoms with van der Waals surface area (Å²) in [6, 6.07) is 2.03. The predicted octanol–water partition coefficient (Wildman–Crippen LogP) is 1.66. The van der Waals surface area contributed by atoms with Crippen molar-refractivity contribution < 1.29 is 0 Å². The average molecular weight is 194 g/mol. The van der Waals surface area contributed by atoms with E-state index >= 15 is 0 Å². The maximum absolute atomic E-state index is 11.6.